The van der Waals surface area contributed by atoms with Gasteiger partial charge in [-0.15, -0.1) is 6.53 Å². The first-order chi connectivity index (χ1) is 6.93. The van der Waals surface area contributed by atoms with Crippen molar-refractivity contribution in [1.82, 2.24) is 0 Å². The van der Waals surface area contributed by atoms with Gasteiger partial charge in [0.1, 0.15) is 10.0 Å². The summed E-state index contributed by atoms with van der Waals surface area (Å²) in [6.07, 6.45) is 0. The number of hydrogen-bond donors (Lipinski definition) is 0. The van der Waals surface area contributed by atoms with Gasteiger partial charge in [-0.2, -0.15) is 0 Å². The number of rotatable bonds is 3. The molecule has 0 saturated carbocycles. The maximum Gasteiger partial charge on any atom is 1.00 e. The predicted octanol–water partition coefficient (Wildman–Crippen LogP) is -5.41. The van der Waals surface area contributed by atoms with Gasteiger partial charge in [0.2, 0.25) is 0 Å². The molecule has 0 heterocycles. The topological polar surface area (TPSA) is 71.3 Å². The normalized spacial score (nSPS) is 10.9. The zero-order chi connectivity index (χ0) is 11.5. The molecule has 0 unspecified atom stereocenters. The van der Waals surface area contributed by atoms with Crippen LogP contribution in [0.3, 0.4) is 0 Å². The molecule has 0 atom stereocenters. The van der Waals surface area contributed by atoms with Gasteiger partial charge in [0.25, 0.3) is 0 Å². The Kier molecular flexibility index (Phi) is 6.49. The van der Waals surface area contributed by atoms with Crippen molar-refractivity contribution >= 4 is 10.0 Å². The minimum absolute atomic E-state index is 0. The molecule has 0 fully saturated rings. The second-order valence-corrected chi connectivity index (χ2v) is 3.79. The number of benzene rings is 1. The summed E-state index contributed by atoms with van der Waals surface area (Å²) < 4.78 is 38.8. The van der Waals surface area contributed by atoms with E-state index in [-0.39, 0.29) is 53.3 Å². The minimum atomic E-state index is -4.09. The second-order valence-electron chi connectivity index (χ2n) is 2.18. The first kappa shape index (κ1) is 13.2. The fraction of sp³-hybridized carbons (Fsp3) is 0. The molecule has 70 valence electrons. The van der Waals surface area contributed by atoms with Crippen molar-refractivity contribution in [3.63, 3.8) is 0 Å². The van der Waals surface area contributed by atoms with Crippen LogP contribution in [0.2, 0.25) is 0 Å². The number of nitrogens with zero attached hydrogens (tertiary/aromatic N) is 1. The van der Waals surface area contributed by atoms with Crippen molar-refractivity contribution in [3.05, 3.63) is 47.5 Å². The van der Waals surface area contributed by atoms with Crippen LogP contribution >= 0.6 is 0 Å². The first-order valence-electron chi connectivity index (χ1n) is 4.31. The zero-order valence-corrected chi connectivity index (χ0v) is 11.3. The van der Waals surface area contributed by atoms with Gasteiger partial charge in [0.05, 0.1) is 7.64 Å². The van der Waals surface area contributed by atoms with Gasteiger partial charge in [0.15, 0.2) is 0 Å². The van der Waals surface area contributed by atoms with E-state index in [4.69, 9.17) is 2.74 Å². The molecule has 0 aliphatic carbocycles. The smallest absolute Gasteiger partial charge is 0.889 e. The molecular formula is C8H7LiNNaO3S. The van der Waals surface area contributed by atoms with Crippen LogP contribution in [-0.2, 0) is 10.0 Å². The third-order valence-electron chi connectivity index (χ3n) is 1.24. The van der Waals surface area contributed by atoms with Gasteiger partial charge in [-0.1, -0.05) is 18.2 Å². The summed E-state index contributed by atoms with van der Waals surface area (Å²) in [4.78, 5) is -0.139. The molecule has 15 heavy (non-hydrogen) atoms. The largest absolute Gasteiger partial charge is 1.00 e. The van der Waals surface area contributed by atoms with Crippen LogP contribution in [0.5, 0.6) is 0 Å². The molecule has 0 aliphatic rings. The van der Waals surface area contributed by atoms with E-state index in [2.05, 4.69) is 4.72 Å². The van der Waals surface area contributed by atoms with Crippen molar-refractivity contribution in [2.45, 2.75) is 4.90 Å². The van der Waals surface area contributed by atoms with E-state index in [0.29, 0.717) is 0 Å². The van der Waals surface area contributed by atoms with E-state index < -0.39 is 22.4 Å². The molecule has 1 aromatic rings. The van der Waals surface area contributed by atoms with Gasteiger partial charge in [-0.3, -0.25) is 0 Å². The standard InChI is InChI=1S/C8H8NO3S.Li.Na/c1-7(10)9-13(11,12)8-5-3-2-4-6-8;;/h2-6,10H,1H2;;/q-1;2*+1/p-1/i1D2;;. The molecule has 0 spiro atoms. The fourth-order valence-corrected chi connectivity index (χ4v) is 1.58. The molecule has 0 aliphatic heterocycles. The van der Waals surface area contributed by atoms with Crippen molar-refractivity contribution in [2.24, 2.45) is 0 Å². The van der Waals surface area contributed by atoms with Crippen LogP contribution in [0.25, 0.3) is 4.72 Å². The van der Waals surface area contributed by atoms with E-state index in [1.165, 1.54) is 24.3 Å². The molecular weight excluding hydrogens is 220 g/mol. The van der Waals surface area contributed by atoms with Gasteiger partial charge >= 0.3 is 48.4 Å². The Morgan fingerprint density at radius 3 is 2.40 bits per heavy atom. The molecule has 0 bridgehead atoms. The van der Waals surface area contributed by atoms with Crippen LogP contribution in [0.4, 0.5) is 0 Å². The molecule has 1 aromatic carbocycles. The van der Waals surface area contributed by atoms with Crippen LogP contribution in [0.15, 0.2) is 47.6 Å². The Balaban J connectivity index is 0. The van der Waals surface area contributed by atoms with Crippen LogP contribution in [-0.4, -0.2) is 8.42 Å². The second kappa shape index (κ2) is 7.39. The summed E-state index contributed by atoms with van der Waals surface area (Å²) in [6.45, 7) is -1.16. The van der Waals surface area contributed by atoms with Crippen molar-refractivity contribution in [2.75, 3.05) is 0 Å². The number of sulfonamides is 1. The SMILES string of the molecule is [2H]C([2H])=C([O-])[N-]S(=O)(=O)c1ccccc1.[Li+].[Na+]. The number of hydrogen-bond acceptors (Lipinski definition) is 3. The van der Waals surface area contributed by atoms with Crippen LogP contribution < -0.4 is 53.5 Å². The van der Waals surface area contributed by atoms with Gasteiger partial charge in [-0.05, 0) is 12.1 Å². The Hall–Kier alpha value is 0.107. The average molecular weight is 229 g/mol. The molecule has 0 amide bonds. The van der Waals surface area contributed by atoms with Crippen molar-refractivity contribution in [1.29, 1.82) is 0 Å². The summed E-state index contributed by atoms with van der Waals surface area (Å²) in [5.41, 5.74) is 0. The third kappa shape index (κ3) is 5.66. The molecule has 7 heteroatoms. The van der Waals surface area contributed by atoms with Gasteiger partial charge in [0, 0.05) is 0 Å². The Bertz CT molecular complexity index is 477. The molecule has 0 N–H and O–H groups in total. The summed E-state index contributed by atoms with van der Waals surface area (Å²) in [5, 5.41) is 10.8. The Labute approximate surface area is 126 Å². The molecule has 0 saturated heterocycles. The summed E-state index contributed by atoms with van der Waals surface area (Å²) in [5.74, 6) is -1.38. The van der Waals surface area contributed by atoms with Crippen LogP contribution in [0, 0.1) is 0 Å². The Morgan fingerprint density at radius 1 is 1.40 bits per heavy atom. The van der Waals surface area contributed by atoms with Gasteiger partial charge < -0.3 is 9.83 Å². The fourth-order valence-electron chi connectivity index (χ4n) is 0.754. The van der Waals surface area contributed by atoms with E-state index in [0.717, 1.165) is 0 Å². The van der Waals surface area contributed by atoms with E-state index in [1.807, 2.05) is 0 Å². The molecule has 1 rings (SSSR count). The van der Waals surface area contributed by atoms with Crippen molar-refractivity contribution in [3.8, 4) is 0 Å². The average Bonchev–Trinajstić information content (AvgIpc) is 2.18. The summed E-state index contributed by atoms with van der Waals surface area (Å²) >= 11 is 0. The first-order valence-corrected chi connectivity index (χ1v) is 4.75. The quantitative estimate of drug-likeness (QED) is 0.383. The maximum absolute atomic E-state index is 11.4. The van der Waals surface area contributed by atoms with Gasteiger partial charge in [-0.25, -0.2) is 14.3 Å². The Morgan fingerprint density at radius 2 is 1.93 bits per heavy atom. The zero-order valence-electron chi connectivity index (χ0n) is 10.5. The third-order valence-corrected chi connectivity index (χ3v) is 2.52. The summed E-state index contributed by atoms with van der Waals surface area (Å²) in [7, 11) is -4.09. The van der Waals surface area contributed by atoms with E-state index in [9.17, 15) is 13.5 Å². The predicted molar refractivity (Wildman–Crippen MR) is 46.1 cm³/mol. The van der Waals surface area contributed by atoms with E-state index >= 15 is 0 Å². The van der Waals surface area contributed by atoms with Crippen LogP contribution in [0.1, 0.15) is 2.74 Å². The molecule has 0 radical (unpaired) electrons. The van der Waals surface area contributed by atoms with E-state index in [1.54, 1.807) is 6.07 Å². The molecule has 4 nitrogen and oxygen atoms in total. The maximum atomic E-state index is 11.4. The van der Waals surface area contributed by atoms with Crippen molar-refractivity contribution < 1.29 is 64.7 Å². The summed E-state index contributed by atoms with van der Waals surface area (Å²) in [6, 6.07) is 7.14. The minimum Gasteiger partial charge on any atom is -0.889 e. The monoisotopic (exact) mass is 229 g/mol. The molecule has 0 aromatic heterocycles.